The summed E-state index contributed by atoms with van der Waals surface area (Å²) in [7, 11) is 0. The van der Waals surface area contributed by atoms with Crippen LogP contribution in [0, 0.1) is 5.92 Å². The number of unbranched alkanes of at least 4 members (excludes halogenated alkanes) is 7. The summed E-state index contributed by atoms with van der Waals surface area (Å²) in [6, 6.07) is 0. The van der Waals surface area contributed by atoms with Gasteiger partial charge in [0.15, 0.2) is 5.92 Å². The van der Waals surface area contributed by atoms with Crippen molar-refractivity contribution in [3.05, 3.63) is 12.2 Å². The van der Waals surface area contributed by atoms with Gasteiger partial charge >= 0.3 is 11.9 Å². The molecule has 0 amide bonds. The maximum Gasteiger partial charge on any atom is 0.317 e. The molecule has 0 aliphatic rings. The first kappa shape index (κ1) is 20.6. The summed E-state index contributed by atoms with van der Waals surface area (Å²) in [5.74, 6) is -3.72. The quantitative estimate of drug-likeness (QED) is 0.272. The third-order valence-corrected chi connectivity index (χ3v) is 3.48. The fraction of sp³-hybridized carbons (Fsp3) is 0.765. The van der Waals surface area contributed by atoms with Gasteiger partial charge in [0, 0.05) is 6.61 Å². The number of carboxylic acids is 2. The van der Waals surface area contributed by atoms with Gasteiger partial charge in [-0.3, -0.25) is 9.59 Å². The van der Waals surface area contributed by atoms with Gasteiger partial charge < -0.3 is 14.9 Å². The molecule has 0 atom stereocenters. The molecule has 0 spiro atoms. The van der Waals surface area contributed by atoms with E-state index < -0.39 is 17.9 Å². The molecule has 0 radical (unpaired) electrons. The van der Waals surface area contributed by atoms with E-state index in [0.29, 0.717) is 13.0 Å². The highest BCUT2D eigenvalue weighted by atomic mass is 16.5. The Labute approximate surface area is 133 Å². The van der Waals surface area contributed by atoms with Crippen molar-refractivity contribution in [2.24, 2.45) is 5.92 Å². The van der Waals surface area contributed by atoms with Crippen LogP contribution in [0.1, 0.15) is 64.7 Å². The number of hydrogen-bond acceptors (Lipinski definition) is 3. The third-order valence-electron chi connectivity index (χ3n) is 3.48. The van der Waals surface area contributed by atoms with E-state index in [1.807, 2.05) is 6.92 Å². The zero-order valence-corrected chi connectivity index (χ0v) is 13.7. The molecule has 0 aliphatic heterocycles. The van der Waals surface area contributed by atoms with Crippen LogP contribution in [-0.4, -0.2) is 35.4 Å². The Bertz CT molecular complexity index is 324. The van der Waals surface area contributed by atoms with E-state index in [9.17, 15) is 9.59 Å². The van der Waals surface area contributed by atoms with Gasteiger partial charge in [-0.2, -0.15) is 0 Å². The van der Waals surface area contributed by atoms with Crippen LogP contribution in [0.15, 0.2) is 12.2 Å². The van der Waals surface area contributed by atoms with Crippen molar-refractivity contribution >= 4 is 11.9 Å². The van der Waals surface area contributed by atoms with Crippen molar-refractivity contribution in [3.8, 4) is 0 Å². The molecule has 5 nitrogen and oxygen atoms in total. The van der Waals surface area contributed by atoms with E-state index in [1.165, 1.54) is 12.8 Å². The normalized spacial score (nSPS) is 10.8. The predicted molar refractivity (Wildman–Crippen MR) is 85.9 cm³/mol. The number of aliphatic carboxylic acids is 2. The molecule has 0 rings (SSSR count). The third kappa shape index (κ3) is 12.4. The van der Waals surface area contributed by atoms with Gasteiger partial charge in [0.1, 0.15) is 0 Å². The van der Waals surface area contributed by atoms with Crippen LogP contribution < -0.4 is 0 Å². The molecule has 2 N–H and O–H groups in total. The Morgan fingerprint density at radius 2 is 1.36 bits per heavy atom. The first-order chi connectivity index (χ1) is 10.4. The first-order valence-electron chi connectivity index (χ1n) is 8.13. The Morgan fingerprint density at radius 1 is 0.909 bits per heavy atom. The minimum atomic E-state index is -1.25. The van der Waals surface area contributed by atoms with Gasteiger partial charge in [-0.15, -0.1) is 0 Å². The molecule has 0 fully saturated rings. The van der Waals surface area contributed by atoms with Crippen LogP contribution >= 0.6 is 0 Å². The molecule has 0 aromatic rings. The lowest BCUT2D eigenvalue weighted by Crippen LogP contribution is -2.23. The van der Waals surface area contributed by atoms with Crippen molar-refractivity contribution < 1.29 is 24.5 Å². The molecule has 0 heterocycles. The molecule has 0 bridgehead atoms. The monoisotopic (exact) mass is 314 g/mol. The van der Waals surface area contributed by atoms with Crippen molar-refractivity contribution in [2.45, 2.75) is 64.7 Å². The summed E-state index contributed by atoms with van der Waals surface area (Å²) >= 11 is 0. The van der Waals surface area contributed by atoms with Gasteiger partial charge in [-0.1, -0.05) is 57.1 Å². The molecule has 0 aromatic heterocycles. The van der Waals surface area contributed by atoms with E-state index in [-0.39, 0.29) is 6.42 Å². The Kier molecular flexibility index (Phi) is 12.5. The summed E-state index contributed by atoms with van der Waals surface area (Å²) in [6.07, 6.45) is 8.55. The lowest BCUT2D eigenvalue weighted by Gasteiger charge is -2.07. The molecule has 128 valence electrons. The van der Waals surface area contributed by atoms with Crippen molar-refractivity contribution in [2.75, 3.05) is 13.2 Å². The first-order valence-corrected chi connectivity index (χ1v) is 8.13. The highest BCUT2D eigenvalue weighted by molar-refractivity contribution is 5.92. The van der Waals surface area contributed by atoms with Crippen LogP contribution in [0.25, 0.3) is 0 Å². The number of carbonyl (C=O) groups is 2. The van der Waals surface area contributed by atoms with E-state index in [1.54, 1.807) is 0 Å². The molecular formula is C17H30O5. The van der Waals surface area contributed by atoms with Gasteiger partial charge in [0.2, 0.25) is 0 Å². The zero-order chi connectivity index (χ0) is 16.8. The highest BCUT2D eigenvalue weighted by Gasteiger charge is 2.24. The van der Waals surface area contributed by atoms with Crippen LogP contribution in [0.5, 0.6) is 0 Å². The van der Waals surface area contributed by atoms with Crippen LogP contribution in [-0.2, 0) is 14.3 Å². The molecule has 22 heavy (non-hydrogen) atoms. The van der Waals surface area contributed by atoms with Crippen molar-refractivity contribution in [1.82, 2.24) is 0 Å². The fourth-order valence-corrected chi connectivity index (χ4v) is 2.21. The SMILES string of the molecule is C=C(C)COCCCCCCCCCCC(C(=O)O)C(=O)O. The zero-order valence-electron chi connectivity index (χ0n) is 13.7. The number of carboxylic acid groups (broad SMARTS) is 2. The fourth-order valence-electron chi connectivity index (χ4n) is 2.21. The van der Waals surface area contributed by atoms with Gasteiger partial charge in [0.05, 0.1) is 6.61 Å². The van der Waals surface area contributed by atoms with E-state index >= 15 is 0 Å². The van der Waals surface area contributed by atoms with E-state index in [4.69, 9.17) is 14.9 Å². The van der Waals surface area contributed by atoms with E-state index in [2.05, 4.69) is 6.58 Å². The summed E-state index contributed by atoms with van der Waals surface area (Å²) in [5, 5.41) is 17.5. The maximum absolute atomic E-state index is 10.7. The second-order valence-corrected chi connectivity index (χ2v) is 5.86. The summed E-state index contributed by atoms with van der Waals surface area (Å²) in [4.78, 5) is 21.4. The summed E-state index contributed by atoms with van der Waals surface area (Å²) in [5.41, 5.74) is 1.05. The van der Waals surface area contributed by atoms with Crippen molar-refractivity contribution in [3.63, 3.8) is 0 Å². The van der Waals surface area contributed by atoms with E-state index in [0.717, 1.165) is 44.3 Å². The Morgan fingerprint density at radius 3 is 1.82 bits per heavy atom. The number of hydrogen-bond donors (Lipinski definition) is 2. The average Bonchev–Trinajstić information content (AvgIpc) is 2.42. The highest BCUT2D eigenvalue weighted by Crippen LogP contribution is 2.14. The predicted octanol–water partition coefficient (Wildman–Crippen LogP) is 3.88. The lowest BCUT2D eigenvalue weighted by molar-refractivity contribution is -0.154. The minimum absolute atomic E-state index is 0.227. The second-order valence-electron chi connectivity index (χ2n) is 5.86. The Balaban J connectivity index is 3.31. The van der Waals surface area contributed by atoms with Crippen LogP contribution in [0.2, 0.25) is 0 Å². The topological polar surface area (TPSA) is 83.8 Å². The van der Waals surface area contributed by atoms with Crippen LogP contribution in [0.4, 0.5) is 0 Å². The second kappa shape index (κ2) is 13.3. The molecular weight excluding hydrogens is 284 g/mol. The molecule has 0 aliphatic carbocycles. The Hall–Kier alpha value is -1.36. The average molecular weight is 314 g/mol. The maximum atomic E-state index is 10.7. The summed E-state index contributed by atoms with van der Waals surface area (Å²) in [6.45, 7) is 7.17. The number of ether oxygens (including phenoxy) is 1. The standard InChI is InChI=1S/C17H30O5/c1-14(2)13-22-12-10-8-6-4-3-5-7-9-11-15(16(18)19)17(20)21/h15H,1,3-13H2,2H3,(H,18,19)(H,20,21). The molecule has 0 saturated carbocycles. The van der Waals surface area contributed by atoms with Gasteiger partial charge in [-0.05, 0) is 19.8 Å². The van der Waals surface area contributed by atoms with Gasteiger partial charge in [0.25, 0.3) is 0 Å². The largest absolute Gasteiger partial charge is 0.481 e. The molecule has 0 unspecified atom stereocenters. The lowest BCUT2D eigenvalue weighted by atomic mass is 10.0. The smallest absolute Gasteiger partial charge is 0.317 e. The van der Waals surface area contributed by atoms with Crippen LogP contribution in [0.3, 0.4) is 0 Å². The molecule has 0 aromatic carbocycles. The number of rotatable bonds is 15. The van der Waals surface area contributed by atoms with Crippen molar-refractivity contribution in [1.29, 1.82) is 0 Å². The minimum Gasteiger partial charge on any atom is -0.481 e. The molecule has 0 saturated heterocycles. The summed E-state index contributed by atoms with van der Waals surface area (Å²) < 4.78 is 5.42. The van der Waals surface area contributed by atoms with Gasteiger partial charge in [-0.25, -0.2) is 0 Å². The molecule has 5 heteroatoms.